The molecular formula is C24H21NO2P+. The topological polar surface area (TPSA) is 40.3 Å². The van der Waals surface area contributed by atoms with Crippen molar-refractivity contribution in [3.05, 3.63) is 126 Å². The average molecular weight is 386 g/mol. The van der Waals surface area contributed by atoms with Crippen LogP contribution in [0.5, 0.6) is 0 Å². The Labute approximate surface area is 164 Å². The SMILES string of the molecule is O=[N+](O)P(c1ccccc1)(c1ccccc1)(c1ccccc1)c1ccccc1. The van der Waals surface area contributed by atoms with Gasteiger partial charge in [0.05, 0.1) is 0 Å². The van der Waals surface area contributed by atoms with Crippen LogP contribution in [0, 0.1) is 4.91 Å². The fraction of sp³-hybridized carbons (Fsp3) is 0. The molecule has 0 spiro atoms. The van der Waals surface area contributed by atoms with Crippen molar-refractivity contribution in [2.45, 2.75) is 0 Å². The molecule has 0 amide bonds. The predicted molar refractivity (Wildman–Crippen MR) is 117 cm³/mol. The zero-order chi connectivity index (χ0) is 19.5. The number of nitrogens with zero attached hydrogens (tertiary/aromatic N) is 1. The zero-order valence-corrected chi connectivity index (χ0v) is 16.2. The maximum absolute atomic E-state index is 13.5. The van der Waals surface area contributed by atoms with Crippen molar-refractivity contribution in [1.82, 2.24) is 0 Å². The number of rotatable bonds is 5. The van der Waals surface area contributed by atoms with Gasteiger partial charge in [-0.15, -0.1) is 0 Å². The molecule has 4 aromatic rings. The summed E-state index contributed by atoms with van der Waals surface area (Å²) in [6.45, 7) is -4.12. The van der Waals surface area contributed by atoms with E-state index in [2.05, 4.69) is 0 Å². The molecule has 0 saturated carbocycles. The first-order valence-electron chi connectivity index (χ1n) is 9.12. The van der Waals surface area contributed by atoms with Crippen LogP contribution in [-0.4, -0.2) is 9.90 Å². The van der Waals surface area contributed by atoms with Gasteiger partial charge in [-0.3, -0.25) is 0 Å². The second-order valence-electron chi connectivity index (χ2n) is 6.67. The first-order valence-corrected chi connectivity index (χ1v) is 11.3. The minimum absolute atomic E-state index is 0.237. The maximum atomic E-state index is 13.5. The third-order valence-electron chi connectivity index (χ3n) is 5.38. The van der Waals surface area contributed by atoms with Crippen LogP contribution in [0.1, 0.15) is 0 Å². The second kappa shape index (κ2) is 7.03. The van der Waals surface area contributed by atoms with E-state index in [9.17, 15) is 10.1 Å². The second-order valence-corrected chi connectivity index (χ2v) is 11.2. The summed E-state index contributed by atoms with van der Waals surface area (Å²) in [5.74, 6) is 0. The van der Waals surface area contributed by atoms with Crippen LogP contribution in [0.25, 0.3) is 0 Å². The molecule has 4 rings (SSSR count). The predicted octanol–water partition coefficient (Wildman–Crippen LogP) is 3.92. The van der Waals surface area contributed by atoms with Crippen LogP contribution in [0.3, 0.4) is 0 Å². The van der Waals surface area contributed by atoms with Crippen molar-refractivity contribution < 1.29 is 9.90 Å². The summed E-state index contributed by atoms with van der Waals surface area (Å²) in [6, 6.07) is 38.5. The molecule has 0 aliphatic heterocycles. The van der Waals surface area contributed by atoms with Crippen molar-refractivity contribution in [1.29, 1.82) is 0 Å². The van der Waals surface area contributed by atoms with E-state index in [0.29, 0.717) is 0 Å². The molecule has 0 aliphatic rings. The Hall–Kier alpha value is -3.29. The fourth-order valence-corrected chi connectivity index (χ4v) is 9.75. The average Bonchev–Trinajstić information content (AvgIpc) is 2.78. The Balaban J connectivity index is 2.34. The number of hydrogen-bond donors (Lipinski definition) is 1. The molecule has 4 heteroatoms. The summed E-state index contributed by atoms with van der Waals surface area (Å²) >= 11 is 0. The molecule has 3 nitrogen and oxygen atoms in total. The molecule has 28 heavy (non-hydrogen) atoms. The third kappa shape index (κ3) is 2.27. The van der Waals surface area contributed by atoms with Crippen LogP contribution in [0.15, 0.2) is 121 Å². The van der Waals surface area contributed by atoms with Gasteiger partial charge in [-0.2, -0.15) is 0 Å². The summed E-state index contributed by atoms with van der Waals surface area (Å²) in [7, 11) is 0. The number of benzene rings is 4. The van der Waals surface area contributed by atoms with Crippen molar-refractivity contribution in [2.75, 3.05) is 0 Å². The molecule has 0 unspecified atom stereocenters. The molecule has 138 valence electrons. The van der Waals surface area contributed by atoms with Crippen LogP contribution in [0.4, 0.5) is 0 Å². The third-order valence-corrected chi connectivity index (χ3v) is 11.3. The Bertz CT molecular complexity index is 915. The van der Waals surface area contributed by atoms with Gasteiger partial charge < -0.3 is 0 Å². The Kier molecular flexibility index (Phi) is 4.54. The van der Waals surface area contributed by atoms with Crippen molar-refractivity contribution >= 4 is 28.0 Å². The molecule has 0 radical (unpaired) electrons. The van der Waals surface area contributed by atoms with Gasteiger partial charge in [0.2, 0.25) is 0 Å². The first kappa shape index (κ1) is 18.1. The van der Waals surface area contributed by atoms with Gasteiger partial charge in [0.1, 0.15) is 0 Å². The van der Waals surface area contributed by atoms with E-state index in [4.69, 9.17) is 0 Å². The Morgan fingerprint density at radius 1 is 0.464 bits per heavy atom. The Morgan fingerprint density at radius 3 is 0.857 bits per heavy atom. The van der Waals surface area contributed by atoms with E-state index in [-0.39, 0.29) is 4.69 Å². The van der Waals surface area contributed by atoms with Crippen LogP contribution >= 0.6 is 6.75 Å². The minimum atomic E-state index is -4.12. The van der Waals surface area contributed by atoms with Gasteiger partial charge in [-0.25, -0.2) is 0 Å². The molecule has 0 aromatic heterocycles. The standard InChI is InChI=1S/C24H21NO2P/c26-25(27)28(21-13-5-1-6-14-21,22-15-7-2-8-16-22,23-17-9-3-10-18-23)24-19-11-4-12-20-24/h1-20H,(H,26,27)/q+1. The molecule has 0 heterocycles. The van der Waals surface area contributed by atoms with E-state index in [1.807, 2.05) is 121 Å². The molecule has 0 saturated heterocycles. The van der Waals surface area contributed by atoms with Crippen molar-refractivity contribution in [3.63, 3.8) is 0 Å². The molecular weight excluding hydrogens is 365 g/mol. The monoisotopic (exact) mass is 386 g/mol. The fourth-order valence-electron chi connectivity index (χ4n) is 4.16. The van der Waals surface area contributed by atoms with Crippen molar-refractivity contribution in [2.24, 2.45) is 0 Å². The van der Waals surface area contributed by atoms with E-state index < -0.39 is 6.75 Å². The van der Waals surface area contributed by atoms with E-state index >= 15 is 0 Å². The van der Waals surface area contributed by atoms with Gasteiger partial charge in [-0.1, -0.05) is 0 Å². The summed E-state index contributed by atoms with van der Waals surface area (Å²) < 4.78 is 0.237. The van der Waals surface area contributed by atoms with Crippen molar-refractivity contribution in [3.8, 4) is 0 Å². The first-order chi connectivity index (χ1) is 13.7. The van der Waals surface area contributed by atoms with Crippen LogP contribution < -0.4 is 21.2 Å². The van der Waals surface area contributed by atoms with Gasteiger partial charge in [0.15, 0.2) is 0 Å². The van der Waals surface area contributed by atoms with Gasteiger partial charge in [0, 0.05) is 0 Å². The molecule has 0 atom stereocenters. The quantitative estimate of drug-likeness (QED) is 0.417. The molecule has 4 aromatic carbocycles. The molecule has 1 N–H and O–H groups in total. The van der Waals surface area contributed by atoms with E-state index in [0.717, 1.165) is 21.2 Å². The normalized spacial score (nSPS) is 12.6. The Morgan fingerprint density at radius 2 is 0.679 bits per heavy atom. The van der Waals surface area contributed by atoms with Gasteiger partial charge in [0.25, 0.3) is 0 Å². The zero-order valence-electron chi connectivity index (χ0n) is 15.3. The molecule has 0 bridgehead atoms. The van der Waals surface area contributed by atoms with E-state index in [1.165, 1.54) is 0 Å². The number of hydrogen-bond acceptors (Lipinski definition) is 1. The summed E-state index contributed by atoms with van der Waals surface area (Å²) in [5.41, 5.74) is 0. The van der Waals surface area contributed by atoms with Crippen LogP contribution in [-0.2, 0) is 0 Å². The van der Waals surface area contributed by atoms with Gasteiger partial charge in [-0.05, 0) is 0 Å². The van der Waals surface area contributed by atoms with Gasteiger partial charge >= 0.3 is 164 Å². The summed E-state index contributed by atoms with van der Waals surface area (Å²) in [6.07, 6.45) is 0. The molecule has 0 fully saturated rings. The summed E-state index contributed by atoms with van der Waals surface area (Å²) in [4.78, 5) is 13.5. The van der Waals surface area contributed by atoms with E-state index in [1.54, 1.807) is 0 Å². The van der Waals surface area contributed by atoms with Crippen LogP contribution in [0.2, 0.25) is 0 Å². The molecule has 0 aliphatic carbocycles. The summed E-state index contributed by atoms with van der Waals surface area (Å²) in [5, 5.41) is 14.2.